The van der Waals surface area contributed by atoms with E-state index in [-0.39, 0.29) is 0 Å². The largest absolute Gasteiger partial charge is 0.370 e. The molecular formula is C21H28N4. The smallest absolute Gasteiger partial charge is 0.0366 e. The van der Waals surface area contributed by atoms with Crippen molar-refractivity contribution in [2.24, 2.45) is 0 Å². The Morgan fingerprint density at radius 1 is 0.880 bits per heavy atom. The molecule has 0 bridgehead atoms. The first-order chi connectivity index (χ1) is 12.4. The van der Waals surface area contributed by atoms with E-state index in [2.05, 4.69) is 62.6 Å². The van der Waals surface area contributed by atoms with Crippen LogP contribution in [0, 0.1) is 0 Å². The van der Waals surface area contributed by atoms with Crippen LogP contribution in [0.15, 0.2) is 54.9 Å². The highest BCUT2D eigenvalue weighted by Crippen LogP contribution is 2.21. The number of pyridine rings is 1. The Hall–Kier alpha value is -1.91. The summed E-state index contributed by atoms with van der Waals surface area (Å²) in [6, 6.07) is 16.4. The minimum Gasteiger partial charge on any atom is -0.370 e. The molecule has 1 aromatic heterocycles. The van der Waals surface area contributed by atoms with Crippen LogP contribution >= 0.6 is 0 Å². The van der Waals surface area contributed by atoms with Gasteiger partial charge in [0.1, 0.15) is 0 Å². The van der Waals surface area contributed by atoms with Gasteiger partial charge in [0.25, 0.3) is 0 Å². The molecule has 0 aliphatic carbocycles. The van der Waals surface area contributed by atoms with Crippen molar-refractivity contribution in [2.75, 3.05) is 31.1 Å². The number of piperidine rings is 1. The van der Waals surface area contributed by atoms with Gasteiger partial charge in [-0.2, -0.15) is 0 Å². The monoisotopic (exact) mass is 336 g/mol. The van der Waals surface area contributed by atoms with E-state index in [0.29, 0.717) is 12.1 Å². The second-order valence-corrected chi connectivity index (χ2v) is 7.34. The Labute approximate surface area is 150 Å². The van der Waals surface area contributed by atoms with Crippen LogP contribution in [-0.4, -0.2) is 48.1 Å². The molecule has 4 rings (SSSR count). The van der Waals surface area contributed by atoms with Crippen LogP contribution in [0.5, 0.6) is 0 Å². The third-order valence-electron chi connectivity index (χ3n) is 5.52. The lowest BCUT2D eigenvalue weighted by Gasteiger charge is -2.34. The standard InChI is InChI=1S/C21H28N4/c1-2-4-21(5-3-1)25-15-10-20(17-25)23-19-8-13-24(14-9-19)16-18-6-11-22-12-7-18/h1-7,11-12,19-20,23H,8-10,13-17H2. The van der Waals surface area contributed by atoms with Crippen molar-refractivity contribution in [1.82, 2.24) is 15.2 Å². The summed E-state index contributed by atoms with van der Waals surface area (Å²) in [4.78, 5) is 9.18. The predicted octanol–water partition coefficient (Wildman–Crippen LogP) is 2.91. The van der Waals surface area contributed by atoms with E-state index < -0.39 is 0 Å². The van der Waals surface area contributed by atoms with Crippen LogP contribution in [0.25, 0.3) is 0 Å². The minimum atomic E-state index is 0.636. The Kier molecular flexibility index (Phi) is 5.28. The third kappa shape index (κ3) is 4.39. The minimum absolute atomic E-state index is 0.636. The normalized spacial score (nSPS) is 22.4. The second kappa shape index (κ2) is 7.98. The summed E-state index contributed by atoms with van der Waals surface area (Å²) in [5.74, 6) is 0. The van der Waals surface area contributed by atoms with E-state index in [1.54, 1.807) is 0 Å². The lowest BCUT2D eigenvalue weighted by atomic mass is 10.0. The fraction of sp³-hybridized carbons (Fsp3) is 0.476. The number of nitrogens with one attached hydrogen (secondary N) is 1. The molecule has 0 spiro atoms. The number of para-hydroxylation sites is 1. The van der Waals surface area contributed by atoms with E-state index >= 15 is 0 Å². The van der Waals surface area contributed by atoms with Crippen molar-refractivity contribution in [3.63, 3.8) is 0 Å². The van der Waals surface area contributed by atoms with Gasteiger partial charge in [0.05, 0.1) is 0 Å². The van der Waals surface area contributed by atoms with Crippen molar-refractivity contribution in [3.8, 4) is 0 Å². The van der Waals surface area contributed by atoms with Gasteiger partial charge in [-0.25, -0.2) is 0 Å². The predicted molar refractivity (Wildman–Crippen MR) is 103 cm³/mol. The molecule has 0 radical (unpaired) electrons. The quantitative estimate of drug-likeness (QED) is 0.910. The molecule has 1 N–H and O–H groups in total. The lowest BCUT2D eigenvalue weighted by molar-refractivity contribution is 0.185. The SMILES string of the molecule is c1ccc(N2CCC(NC3CCN(Cc4ccncc4)CC3)C2)cc1. The number of hydrogen-bond donors (Lipinski definition) is 1. The lowest BCUT2D eigenvalue weighted by Crippen LogP contribution is -2.46. The van der Waals surface area contributed by atoms with Crippen molar-refractivity contribution in [1.29, 1.82) is 0 Å². The molecular weight excluding hydrogens is 308 g/mol. The number of likely N-dealkylation sites (tertiary alicyclic amines) is 1. The number of nitrogens with zero attached hydrogens (tertiary/aromatic N) is 3. The van der Waals surface area contributed by atoms with Crippen LogP contribution in [-0.2, 0) is 6.54 Å². The highest BCUT2D eigenvalue weighted by atomic mass is 15.2. The molecule has 0 saturated carbocycles. The number of anilines is 1. The van der Waals surface area contributed by atoms with E-state index in [1.807, 2.05) is 12.4 Å². The van der Waals surface area contributed by atoms with Gasteiger partial charge in [-0.15, -0.1) is 0 Å². The maximum absolute atomic E-state index is 4.10. The van der Waals surface area contributed by atoms with Crippen molar-refractivity contribution >= 4 is 5.69 Å². The van der Waals surface area contributed by atoms with Crippen molar-refractivity contribution in [2.45, 2.75) is 37.9 Å². The Morgan fingerprint density at radius 2 is 1.60 bits per heavy atom. The van der Waals surface area contributed by atoms with Gasteiger partial charge in [0, 0.05) is 49.8 Å². The fourth-order valence-electron chi connectivity index (χ4n) is 4.11. The third-order valence-corrected chi connectivity index (χ3v) is 5.52. The molecule has 2 aliphatic heterocycles. The van der Waals surface area contributed by atoms with E-state index in [1.165, 1.54) is 50.1 Å². The van der Waals surface area contributed by atoms with Gasteiger partial charge in [0.2, 0.25) is 0 Å². The van der Waals surface area contributed by atoms with E-state index in [9.17, 15) is 0 Å². The molecule has 3 heterocycles. The fourth-order valence-corrected chi connectivity index (χ4v) is 4.11. The van der Waals surface area contributed by atoms with Gasteiger partial charge >= 0.3 is 0 Å². The van der Waals surface area contributed by atoms with Gasteiger partial charge < -0.3 is 10.2 Å². The summed E-state index contributed by atoms with van der Waals surface area (Å²) < 4.78 is 0. The van der Waals surface area contributed by atoms with E-state index in [4.69, 9.17) is 0 Å². The zero-order valence-corrected chi connectivity index (χ0v) is 14.8. The molecule has 4 heteroatoms. The molecule has 2 aliphatic rings. The maximum atomic E-state index is 4.10. The van der Waals surface area contributed by atoms with Crippen LogP contribution in [0.2, 0.25) is 0 Å². The highest BCUT2D eigenvalue weighted by molar-refractivity contribution is 5.47. The molecule has 1 aromatic carbocycles. The van der Waals surface area contributed by atoms with Gasteiger partial charge in [-0.05, 0) is 62.2 Å². The molecule has 4 nitrogen and oxygen atoms in total. The number of aromatic nitrogens is 1. The average molecular weight is 336 g/mol. The Balaban J connectivity index is 1.22. The first-order valence-corrected chi connectivity index (χ1v) is 9.54. The molecule has 25 heavy (non-hydrogen) atoms. The summed E-state index contributed by atoms with van der Waals surface area (Å²) in [7, 11) is 0. The second-order valence-electron chi connectivity index (χ2n) is 7.34. The van der Waals surface area contributed by atoms with Crippen molar-refractivity contribution in [3.05, 3.63) is 60.4 Å². The summed E-state index contributed by atoms with van der Waals surface area (Å²) in [5, 5.41) is 3.92. The molecule has 0 amide bonds. The zero-order chi connectivity index (χ0) is 16.9. The molecule has 2 aromatic rings. The first kappa shape index (κ1) is 16.6. The molecule has 132 valence electrons. The van der Waals surface area contributed by atoms with Gasteiger partial charge in [0.15, 0.2) is 0 Å². The summed E-state index contributed by atoms with van der Waals surface area (Å²) in [5.41, 5.74) is 2.73. The summed E-state index contributed by atoms with van der Waals surface area (Å²) >= 11 is 0. The van der Waals surface area contributed by atoms with Crippen LogP contribution in [0.4, 0.5) is 5.69 Å². The molecule has 1 unspecified atom stereocenters. The summed E-state index contributed by atoms with van der Waals surface area (Å²) in [6.07, 6.45) is 7.55. The van der Waals surface area contributed by atoms with E-state index in [0.717, 1.165) is 13.1 Å². The highest BCUT2D eigenvalue weighted by Gasteiger charge is 2.26. The average Bonchev–Trinajstić information content (AvgIpc) is 3.14. The number of hydrogen-bond acceptors (Lipinski definition) is 4. The van der Waals surface area contributed by atoms with Crippen molar-refractivity contribution < 1.29 is 0 Å². The Morgan fingerprint density at radius 3 is 2.36 bits per heavy atom. The molecule has 1 atom stereocenters. The van der Waals surface area contributed by atoms with Crippen LogP contribution in [0.3, 0.4) is 0 Å². The molecule has 2 saturated heterocycles. The van der Waals surface area contributed by atoms with Gasteiger partial charge in [-0.3, -0.25) is 9.88 Å². The van der Waals surface area contributed by atoms with Crippen LogP contribution in [0.1, 0.15) is 24.8 Å². The Bertz CT molecular complexity index is 637. The zero-order valence-electron chi connectivity index (χ0n) is 14.8. The van der Waals surface area contributed by atoms with Gasteiger partial charge in [-0.1, -0.05) is 18.2 Å². The number of rotatable bonds is 5. The summed E-state index contributed by atoms with van der Waals surface area (Å²) in [6.45, 7) is 5.74. The molecule has 2 fully saturated rings. The maximum Gasteiger partial charge on any atom is 0.0366 e. The number of benzene rings is 1. The topological polar surface area (TPSA) is 31.4 Å². The van der Waals surface area contributed by atoms with Crippen LogP contribution < -0.4 is 10.2 Å². The first-order valence-electron chi connectivity index (χ1n) is 9.54.